The molecule has 0 heterocycles. The number of hydrogen-bond donors (Lipinski definition) is 3. The summed E-state index contributed by atoms with van der Waals surface area (Å²) in [6.07, 6.45) is 2.75. The minimum absolute atomic E-state index is 0.0253. The van der Waals surface area contributed by atoms with Crippen molar-refractivity contribution in [2.45, 2.75) is 51.6 Å². The van der Waals surface area contributed by atoms with Crippen LogP contribution >= 0.6 is 0 Å². The maximum absolute atomic E-state index is 13.7. The molecule has 3 rings (SSSR count). The molecule has 0 spiro atoms. The van der Waals surface area contributed by atoms with E-state index in [0.717, 1.165) is 24.8 Å². The van der Waals surface area contributed by atoms with Gasteiger partial charge < -0.3 is 16.0 Å². The number of carbonyl (C=O) groups excluding carboxylic acids is 3. The SMILES string of the molecule is CC(NC(=O)C1CCC1)C(=O)NC(C)c1cccc(NC(=O)Cc2ccccc2F)c1. The minimum Gasteiger partial charge on any atom is -0.348 e. The molecule has 0 aliphatic heterocycles. The summed E-state index contributed by atoms with van der Waals surface area (Å²) >= 11 is 0. The first-order chi connectivity index (χ1) is 14.8. The van der Waals surface area contributed by atoms with Crippen LogP contribution in [0.1, 0.15) is 50.3 Å². The van der Waals surface area contributed by atoms with Crippen LogP contribution in [-0.2, 0) is 20.8 Å². The average molecular weight is 426 g/mol. The van der Waals surface area contributed by atoms with E-state index in [2.05, 4.69) is 16.0 Å². The highest BCUT2D eigenvalue weighted by Gasteiger charge is 2.27. The lowest BCUT2D eigenvalue weighted by molar-refractivity contribution is -0.132. The van der Waals surface area contributed by atoms with E-state index in [1.54, 1.807) is 43.3 Å². The first kappa shape index (κ1) is 22.5. The van der Waals surface area contributed by atoms with Crippen molar-refractivity contribution in [3.8, 4) is 0 Å². The number of hydrogen-bond acceptors (Lipinski definition) is 3. The molecule has 0 bridgehead atoms. The zero-order valence-corrected chi connectivity index (χ0v) is 17.8. The summed E-state index contributed by atoms with van der Waals surface area (Å²) < 4.78 is 13.7. The van der Waals surface area contributed by atoms with E-state index in [9.17, 15) is 18.8 Å². The number of nitrogens with one attached hydrogen (secondary N) is 3. The molecule has 1 aliphatic rings. The molecular weight excluding hydrogens is 397 g/mol. The molecule has 0 aromatic heterocycles. The second kappa shape index (κ2) is 10.2. The molecule has 0 radical (unpaired) electrons. The van der Waals surface area contributed by atoms with Crippen LogP contribution in [0, 0.1) is 11.7 Å². The number of carbonyl (C=O) groups is 3. The molecule has 31 heavy (non-hydrogen) atoms. The molecule has 2 atom stereocenters. The van der Waals surface area contributed by atoms with Gasteiger partial charge in [0.05, 0.1) is 12.5 Å². The van der Waals surface area contributed by atoms with Gasteiger partial charge in [-0.05, 0) is 56.0 Å². The summed E-state index contributed by atoms with van der Waals surface area (Å²) in [7, 11) is 0. The van der Waals surface area contributed by atoms with E-state index in [1.165, 1.54) is 6.07 Å². The Labute approximate surface area is 181 Å². The predicted octanol–water partition coefficient (Wildman–Crippen LogP) is 3.49. The van der Waals surface area contributed by atoms with Gasteiger partial charge in [-0.2, -0.15) is 0 Å². The van der Waals surface area contributed by atoms with Crippen molar-refractivity contribution in [2.75, 3.05) is 5.32 Å². The van der Waals surface area contributed by atoms with Crippen molar-refractivity contribution in [1.29, 1.82) is 0 Å². The Morgan fingerprint density at radius 1 is 1.03 bits per heavy atom. The third-order valence-electron chi connectivity index (χ3n) is 5.57. The number of anilines is 1. The smallest absolute Gasteiger partial charge is 0.242 e. The Bertz CT molecular complexity index is 959. The lowest BCUT2D eigenvalue weighted by Gasteiger charge is -2.26. The van der Waals surface area contributed by atoms with Gasteiger partial charge in [0.25, 0.3) is 0 Å². The minimum atomic E-state index is -0.626. The van der Waals surface area contributed by atoms with Gasteiger partial charge in [0.1, 0.15) is 11.9 Å². The van der Waals surface area contributed by atoms with E-state index in [4.69, 9.17) is 0 Å². The summed E-state index contributed by atoms with van der Waals surface area (Å²) in [5.74, 6) is -1.06. The second-order valence-corrected chi connectivity index (χ2v) is 8.03. The van der Waals surface area contributed by atoms with Crippen molar-refractivity contribution in [3.05, 3.63) is 65.5 Å². The monoisotopic (exact) mass is 425 g/mol. The fraction of sp³-hybridized carbons (Fsp3) is 0.375. The Balaban J connectivity index is 1.54. The van der Waals surface area contributed by atoms with E-state index in [-0.39, 0.29) is 36.1 Å². The third kappa shape index (κ3) is 6.13. The van der Waals surface area contributed by atoms with Gasteiger partial charge in [-0.1, -0.05) is 36.8 Å². The molecule has 0 saturated heterocycles. The molecule has 3 N–H and O–H groups in total. The fourth-order valence-corrected chi connectivity index (χ4v) is 3.39. The van der Waals surface area contributed by atoms with E-state index in [0.29, 0.717) is 11.3 Å². The zero-order valence-electron chi connectivity index (χ0n) is 17.8. The maximum atomic E-state index is 13.7. The highest BCUT2D eigenvalue weighted by molar-refractivity contribution is 5.92. The molecule has 2 aromatic rings. The van der Waals surface area contributed by atoms with Crippen LogP contribution in [0.25, 0.3) is 0 Å². The summed E-state index contributed by atoms with van der Waals surface area (Å²) in [4.78, 5) is 36.8. The maximum Gasteiger partial charge on any atom is 0.242 e. The van der Waals surface area contributed by atoms with Crippen LogP contribution in [0.4, 0.5) is 10.1 Å². The van der Waals surface area contributed by atoms with Gasteiger partial charge in [0.15, 0.2) is 0 Å². The molecule has 1 aliphatic carbocycles. The van der Waals surface area contributed by atoms with Crippen LogP contribution < -0.4 is 16.0 Å². The van der Waals surface area contributed by atoms with Gasteiger partial charge in [-0.15, -0.1) is 0 Å². The van der Waals surface area contributed by atoms with Crippen LogP contribution in [0.3, 0.4) is 0 Å². The van der Waals surface area contributed by atoms with Crippen LogP contribution in [0.2, 0.25) is 0 Å². The first-order valence-corrected chi connectivity index (χ1v) is 10.6. The lowest BCUT2D eigenvalue weighted by atomic mass is 9.84. The molecule has 1 saturated carbocycles. The summed E-state index contributed by atoms with van der Waals surface area (Å²) in [5.41, 5.74) is 1.69. The molecule has 1 fully saturated rings. The fourth-order valence-electron chi connectivity index (χ4n) is 3.39. The van der Waals surface area contributed by atoms with Crippen molar-refractivity contribution in [1.82, 2.24) is 10.6 Å². The average Bonchev–Trinajstić information content (AvgIpc) is 2.68. The molecule has 2 aromatic carbocycles. The predicted molar refractivity (Wildman–Crippen MR) is 117 cm³/mol. The quantitative estimate of drug-likeness (QED) is 0.605. The second-order valence-electron chi connectivity index (χ2n) is 8.03. The molecule has 6 nitrogen and oxygen atoms in total. The van der Waals surface area contributed by atoms with Crippen molar-refractivity contribution in [2.24, 2.45) is 5.92 Å². The summed E-state index contributed by atoms with van der Waals surface area (Å²) in [5, 5.41) is 8.42. The van der Waals surface area contributed by atoms with Crippen molar-refractivity contribution < 1.29 is 18.8 Å². The van der Waals surface area contributed by atoms with Gasteiger partial charge in [-0.3, -0.25) is 14.4 Å². The Morgan fingerprint density at radius 2 is 1.77 bits per heavy atom. The Kier molecular flexibility index (Phi) is 7.39. The first-order valence-electron chi connectivity index (χ1n) is 10.6. The highest BCUT2D eigenvalue weighted by Crippen LogP contribution is 2.26. The topological polar surface area (TPSA) is 87.3 Å². The number of halogens is 1. The number of benzene rings is 2. The van der Waals surface area contributed by atoms with Gasteiger partial charge in [0.2, 0.25) is 17.7 Å². The van der Waals surface area contributed by atoms with E-state index in [1.807, 2.05) is 13.0 Å². The Hall–Kier alpha value is -3.22. The number of amides is 3. The normalized spacial score (nSPS) is 15.3. The summed E-state index contributed by atoms with van der Waals surface area (Å²) in [6, 6.07) is 12.3. The molecule has 2 unspecified atom stereocenters. The van der Waals surface area contributed by atoms with Gasteiger partial charge >= 0.3 is 0 Å². The van der Waals surface area contributed by atoms with Crippen LogP contribution in [-0.4, -0.2) is 23.8 Å². The van der Waals surface area contributed by atoms with Crippen molar-refractivity contribution in [3.63, 3.8) is 0 Å². The molecule has 3 amide bonds. The standard InChI is InChI=1S/C24H28FN3O3/c1-15(26-23(30)16(2)27-24(31)17-8-5-9-17)18-10-6-11-20(13-18)28-22(29)14-19-7-3-4-12-21(19)25/h3-4,6-7,10-13,15-17H,5,8-9,14H2,1-2H3,(H,26,30)(H,27,31)(H,28,29). The van der Waals surface area contributed by atoms with Crippen LogP contribution in [0.5, 0.6) is 0 Å². The van der Waals surface area contributed by atoms with E-state index >= 15 is 0 Å². The van der Waals surface area contributed by atoms with Gasteiger partial charge in [0, 0.05) is 11.6 Å². The van der Waals surface area contributed by atoms with Crippen LogP contribution in [0.15, 0.2) is 48.5 Å². The Morgan fingerprint density at radius 3 is 2.45 bits per heavy atom. The third-order valence-corrected chi connectivity index (χ3v) is 5.57. The molecular formula is C24H28FN3O3. The van der Waals surface area contributed by atoms with Gasteiger partial charge in [-0.25, -0.2) is 4.39 Å². The molecule has 7 heteroatoms. The lowest BCUT2D eigenvalue weighted by Crippen LogP contribution is -2.48. The zero-order chi connectivity index (χ0) is 22.4. The largest absolute Gasteiger partial charge is 0.348 e. The number of rotatable bonds is 8. The van der Waals surface area contributed by atoms with Crippen molar-refractivity contribution >= 4 is 23.4 Å². The van der Waals surface area contributed by atoms with E-state index < -0.39 is 11.9 Å². The summed E-state index contributed by atoms with van der Waals surface area (Å²) in [6.45, 7) is 3.50. The molecule has 164 valence electrons. The highest BCUT2D eigenvalue weighted by atomic mass is 19.1.